The molecule has 0 N–H and O–H groups in total. The average Bonchev–Trinajstić information content (AvgIpc) is 2.33. The Morgan fingerprint density at radius 1 is 0.941 bits per heavy atom. The maximum atomic E-state index is 11.3. The molecule has 0 rings (SSSR count). The van der Waals surface area contributed by atoms with Crippen molar-refractivity contribution < 1.29 is 9.53 Å². The molecule has 0 aliphatic heterocycles. The van der Waals surface area contributed by atoms with Crippen molar-refractivity contribution in [2.24, 2.45) is 0 Å². The molecule has 0 spiro atoms. The lowest BCUT2D eigenvalue weighted by atomic mass is 10.1. The van der Waals surface area contributed by atoms with E-state index in [1.165, 1.54) is 32.1 Å². The first kappa shape index (κ1) is 16.5. The second-order valence-corrected chi connectivity index (χ2v) is 4.65. The van der Waals surface area contributed by atoms with E-state index in [1.807, 2.05) is 0 Å². The number of unbranched alkanes of at least 4 members (excludes halogenated alkanes) is 8. The third-order valence-electron chi connectivity index (χ3n) is 2.89. The zero-order valence-electron chi connectivity index (χ0n) is 11.5. The summed E-state index contributed by atoms with van der Waals surface area (Å²) in [6, 6.07) is 0. The van der Waals surface area contributed by atoms with Crippen LogP contribution < -0.4 is 0 Å². The fourth-order valence-electron chi connectivity index (χ4n) is 1.76. The largest absolute Gasteiger partial charge is 0.466 e. The monoisotopic (exact) mass is 241 g/mol. The van der Waals surface area contributed by atoms with Crippen LogP contribution in [0.5, 0.6) is 0 Å². The molecule has 1 radical (unpaired) electrons. The summed E-state index contributed by atoms with van der Waals surface area (Å²) in [7, 11) is 0. The molecule has 0 bridgehead atoms. The van der Waals surface area contributed by atoms with Crippen molar-refractivity contribution in [3.63, 3.8) is 0 Å². The van der Waals surface area contributed by atoms with Crippen LogP contribution in [0.15, 0.2) is 0 Å². The van der Waals surface area contributed by atoms with Gasteiger partial charge in [-0.05, 0) is 12.8 Å². The molecule has 0 aromatic carbocycles. The summed E-state index contributed by atoms with van der Waals surface area (Å²) in [5.74, 6) is -0.0180. The van der Waals surface area contributed by atoms with Gasteiger partial charge in [0.2, 0.25) is 0 Å². The molecule has 0 aromatic rings. The van der Waals surface area contributed by atoms with Crippen LogP contribution in [-0.2, 0) is 9.53 Å². The van der Waals surface area contributed by atoms with E-state index < -0.39 is 0 Å². The summed E-state index contributed by atoms with van der Waals surface area (Å²) < 4.78 is 5.17. The summed E-state index contributed by atoms with van der Waals surface area (Å²) in [4.78, 5) is 11.3. The highest BCUT2D eigenvalue weighted by Crippen LogP contribution is 2.07. The van der Waals surface area contributed by atoms with Gasteiger partial charge < -0.3 is 4.74 Å². The smallest absolute Gasteiger partial charge is 0.305 e. The van der Waals surface area contributed by atoms with E-state index in [4.69, 9.17) is 4.74 Å². The Morgan fingerprint density at radius 2 is 1.59 bits per heavy atom. The van der Waals surface area contributed by atoms with Crippen LogP contribution in [-0.4, -0.2) is 12.6 Å². The van der Waals surface area contributed by atoms with Crippen LogP contribution in [0.1, 0.15) is 77.6 Å². The maximum Gasteiger partial charge on any atom is 0.305 e. The summed E-state index contributed by atoms with van der Waals surface area (Å²) in [5.41, 5.74) is 0. The zero-order valence-corrected chi connectivity index (χ0v) is 11.5. The standard InChI is InChI=1S/C15H29O2/c1-3-5-7-8-9-10-12-14-17-15(16)13-11-6-4-2/h1,3-14H2,2H3. The summed E-state index contributed by atoms with van der Waals surface area (Å²) in [5, 5.41) is 0. The molecular formula is C15H29O2. The molecule has 101 valence electrons. The first-order chi connectivity index (χ1) is 8.31. The van der Waals surface area contributed by atoms with Gasteiger partial charge in [0.25, 0.3) is 0 Å². The van der Waals surface area contributed by atoms with Gasteiger partial charge in [0.05, 0.1) is 6.61 Å². The number of carbonyl (C=O) groups excluding carboxylic acids is 1. The molecule has 0 unspecified atom stereocenters. The predicted octanol–water partition coefficient (Wildman–Crippen LogP) is 4.67. The minimum Gasteiger partial charge on any atom is -0.466 e. The minimum absolute atomic E-state index is 0.0180. The fraction of sp³-hybridized carbons (Fsp3) is 0.867. The van der Waals surface area contributed by atoms with E-state index >= 15 is 0 Å². The van der Waals surface area contributed by atoms with Gasteiger partial charge in [-0.1, -0.05) is 65.2 Å². The molecule has 0 saturated carbocycles. The Kier molecular flexibility index (Phi) is 13.1. The molecule has 0 aliphatic rings. The van der Waals surface area contributed by atoms with Gasteiger partial charge >= 0.3 is 5.97 Å². The summed E-state index contributed by atoms with van der Waals surface area (Å²) >= 11 is 0. The molecule has 0 atom stereocenters. The van der Waals surface area contributed by atoms with E-state index in [9.17, 15) is 4.79 Å². The van der Waals surface area contributed by atoms with Crippen LogP contribution in [0.4, 0.5) is 0 Å². The Bertz CT molecular complexity index is 166. The van der Waals surface area contributed by atoms with Gasteiger partial charge in [0, 0.05) is 6.42 Å². The van der Waals surface area contributed by atoms with E-state index in [2.05, 4.69) is 13.8 Å². The second kappa shape index (κ2) is 13.5. The van der Waals surface area contributed by atoms with Crippen molar-refractivity contribution in [3.05, 3.63) is 6.92 Å². The second-order valence-electron chi connectivity index (χ2n) is 4.65. The Hall–Kier alpha value is -0.530. The van der Waals surface area contributed by atoms with Gasteiger partial charge in [0.15, 0.2) is 0 Å². The zero-order chi connectivity index (χ0) is 12.8. The van der Waals surface area contributed by atoms with E-state index in [0.29, 0.717) is 13.0 Å². The molecule has 2 heteroatoms. The number of hydrogen-bond donors (Lipinski definition) is 0. The third kappa shape index (κ3) is 13.4. The summed E-state index contributed by atoms with van der Waals surface area (Å²) in [6.45, 7) is 6.58. The highest BCUT2D eigenvalue weighted by atomic mass is 16.5. The Balaban J connectivity index is 3.08. The lowest BCUT2D eigenvalue weighted by Crippen LogP contribution is -2.05. The van der Waals surface area contributed by atoms with Crippen LogP contribution in [0.3, 0.4) is 0 Å². The number of ether oxygens (including phenoxy) is 1. The van der Waals surface area contributed by atoms with Crippen molar-refractivity contribution in [2.45, 2.75) is 77.6 Å². The highest BCUT2D eigenvalue weighted by Gasteiger charge is 2.01. The van der Waals surface area contributed by atoms with Gasteiger partial charge in [-0.2, -0.15) is 0 Å². The van der Waals surface area contributed by atoms with Crippen molar-refractivity contribution in [1.29, 1.82) is 0 Å². The van der Waals surface area contributed by atoms with Gasteiger partial charge in [0.1, 0.15) is 0 Å². The number of hydrogen-bond acceptors (Lipinski definition) is 2. The van der Waals surface area contributed by atoms with Gasteiger partial charge in [-0.25, -0.2) is 0 Å². The van der Waals surface area contributed by atoms with Crippen LogP contribution >= 0.6 is 0 Å². The highest BCUT2D eigenvalue weighted by molar-refractivity contribution is 5.69. The van der Waals surface area contributed by atoms with E-state index in [1.54, 1.807) is 0 Å². The number of rotatable bonds is 12. The van der Waals surface area contributed by atoms with Gasteiger partial charge in [-0.15, -0.1) is 0 Å². The molecule has 2 nitrogen and oxygen atoms in total. The molecule has 0 fully saturated rings. The lowest BCUT2D eigenvalue weighted by molar-refractivity contribution is -0.143. The predicted molar refractivity (Wildman–Crippen MR) is 72.8 cm³/mol. The van der Waals surface area contributed by atoms with Crippen molar-refractivity contribution >= 4 is 5.97 Å². The van der Waals surface area contributed by atoms with E-state index in [0.717, 1.165) is 32.1 Å². The third-order valence-corrected chi connectivity index (χ3v) is 2.89. The van der Waals surface area contributed by atoms with Crippen LogP contribution in [0.2, 0.25) is 0 Å². The lowest BCUT2D eigenvalue weighted by Gasteiger charge is -2.04. The Labute approximate surface area is 107 Å². The minimum atomic E-state index is -0.0180. The molecule has 0 amide bonds. The molecule has 0 saturated heterocycles. The molecule has 17 heavy (non-hydrogen) atoms. The molecule has 0 heterocycles. The molecular weight excluding hydrogens is 212 g/mol. The van der Waals surface area contributed by atoms with Gasteiger partial charge in [-0.3, -0.25) is 4.79 Å². The van der Waals surface area contributed by atoms with Crippen molar-refractivity contribution in [1.82, 2.24) is 0 Å². The summed E-state index contributed by atoms with van der Waals surface area (Å²) in [6.07, 6.45) is 12.2. The quantitative estimate of drug-likeness (QED) is 0.366. The number of carbonyl (C=O) groups is 1. The first-order valence-corrected chi connectivity index (χ1v) is 7.26. The topological polar surface area (TPSA) is 26.3 Å². The Morgan fingerprint density at radius 3 is 2.24 bits per heavy atom. The van der Waals surface area contributed by atoms with Crippen molar-refractivity contribution in [2.75, 3.05) is 6.61 Å². The fourth-order valence-corrected chi connectivity index (χ4v) is 1.76. The molecule has 0 aromatic heterocycles. The normalized spacial score (nSPS) is 10.5. The maximum absolute atomic E-state index is 11.3. The SMILES string of the molecule is [CH2]CCCCCCCCOC(=O)CCCCC. The number of esters is 1. The first-order valence-electron chi connectivity index (χ1n) is 7.26. The van der Waals surface area contributed by atoms with Crippen LogP contribution in [0.25, 0.3) is 0 Å². The average molecular weight is 241 g/mol. The molecule has 0 aliphatic carbocycles. The van der Waals surface area contributed by atoms with Crippen molar-refractivity contribution in [3.8, 4) is 0 Å². The van der Waals surface area contributed by atoms with E-state index in [-0.39, 0.29) is 5.97 Å². The van der Waals surface area contributed by atoms with Crippen LogP contribution in [0, 0.1) is 6.92 Å².